The van der Waals surface area contributed by atoms with Crippen LogP contribution in [0.3, 0.4) is 0 Å². The van der Waals surface area contributed by atoms with Gasteiger partial charge in [-0.15, -0.1) is 0 Å². The van der Waals surface area contributed by atoms with Crippen molar-refractivity contribution in [3.63, 3.8) is 0 Å². The SMILES string of the molecule is O=C(NCCCn1cccn1)N[C@H](CCO)C(=O)O. The largest absolute Gasteiger partial charge is 0.480 e. The highest BCUT2D eigenvalue weighted by molar-refractivity contribution is 5.82. The molecule has 8 nitrogen and oxygen atoms in total. The highest BCUT2D eigenvalue weighted by Gasteiger charge is 2.18. The molecule has 0 saturated carbocycles. The Labute approximate surface area is 110 Å². The van der Waals surface area contributed by atoms with E-state index < -0.39 is 18.0 Å². The summed E-state index contributed by atoms with van der Waals surface area (Å²) in [4.78, 5) is 22.1. The van der Waals surface area contributed by atoms with E-state index in [0.29, 0.717) is 19.5 Å². The van der Waals surface area contributed by atoms with Gasteiger partial charge in [0.2, 0.25) is 0 Å². The number of carboxylic acid groups (broad SMARTS) is 1. The lowest BCUT2D eigenvalue weighted by Gasteiger charge is -2.13. The molecule has 1 heterocycles. The predicted molar refractivity (Wildman–Crippen MR) is 66.5 cm³/mol. The Morgan fingerprint density at radius 1 is 1.42 bits per heavy atom. The summed E-state index contributed by atoms with van der Waals surface area (Å²) in [6.07, 6.45) is 4.16. The molecule has 0 radical (unpaired) electrons. The summed E-state index contributed by atoms with van der Waals surface area (Å²) in [5, 5.41) is 26.3. The zero-order chi connectivity index (χ0) is 14.1. The number of nitrogens with zero attached hydrogens (tertiary/aromatic N) is 2. The molecule has 0 bridgehead atoms. The molecular formula is C11H18N4O4. The number of hydrogen-bond acceptors (Lipinski definition) is 4. The molecule has 1 atom stereocenters. The molecule has 4 N–H and O–H groups in total. The monoisotopic (exact) mass is 270 g/mol. The van der Waals surface area contributed by atoms with Crippen molar-refractivity contribution in [2.45, 2.75) is 25.4 Å². The summed E-state index contributed by atoms with van der Waals surface area (Å²) < 4.78 is 1.74. The smallest absolute Gasteiger partial charge is 0.326 e. The van der Waals surface area contributed by atoms with Crippen LogP contribution in [0.25, 0.3) is 0 Å². The van der Waals surface area contributed by atoms with Gasteiger partial charge < -0.3 is 20.8 Å². The number of carbonyl (C=O) groups excluding carboxylic acids is 1. The van der Waals surface area contributed by atoms with Crippen molar-refractivity contribution in [3.8, 4) is 0 Å². The zero-order valence-electron chi connectivity index (χ0n) is 10.5. The quantitative estimate of drug-likeness (QED) is 0.471. The number of aliphatic hydroxyl groups excluding tert-OH is 1. The maximum Gasteiger partial charge on any atom is 0.326 e. The Morgan fingerprint density at radius 3 is 2.79 bits per heavy atom. The maximum atomic E-state index is 11.4. The number of carbonyl (C=O) groups is 2. The van der Waals surface area contributed by atoms with E-state index in [-0.39, 0.29) is 13.0 Å². The van der Waals surface area contributed by atoms with Crippen molar-refractivity contribution < 1.29 is 19.8 Å². The number of nitrogens with one attached hydrogen (secondary N) is 2. The van der Waals surface area contributed by atoms with Crippen LogP contribution in [-0.4, -0.2) is 51.2 Å². The highest BCUT2D eigenvalue weighted by Crippen LogP contribution is 1.92. The van der Waals surface area contributed by atoms with E-state index in [4.69, 9.17) is 10.2 Å². The minimum absolute atomic E-state index is 0.0178. The molecule has 106 valence electrons. The standard InChI is InChI=1S/C11H18N4O4/c16-8-3-9(10(17)18)14-11(19)12-4-1-6-15-7-2-5-13-15/h2,5,7,9,16H,1,3-4,6,8H2,(H,17,18)(H2,12,14,19)/t9-/m1/s1. The fraction of sp³-hybridized carbons (Fsp3) is 0.545. The second kappa shape index (κ2) is 8.09. The summed E-state index contributed by atoms with van der Waals surface area (Å²) in [6.45, 7) is 0.792. The minimum Gasteiger partial charge on any atom is -0.480 e. The Kier molecular flexibility index (Phi) is 6.37. The second-order valence-corrected chi connectivity index (χ2v) is 3.93. The van der Waals surface area contributed by atoms with E-state index in [2.05, 4.69) is 15.7 Å². The third-order valence-electron chi connectivity index (χ3n) is 2.43. The van der Waals surface area contributed by atoms with E-state index >= 15 is 0 Å². The third-order valence-corrected chi connectivity index (χ3v) is 2.43. The number of carboxylic acids is 1. The maximum absolute atomic E-state index is 11.4. The first-order valence-electron chi connectivity index (χ1n) is 5.99. The van der Waals surface area contributed by atoms with Gasteiger partial charge in [-0.05, 0) is 12.5 Å². The Balaban J connectivity index is 2.17. The minimum atomic E-state index is -1.17. The van der Waals surface area contributed by atoms with Crippen molar-refractivity contribution in [2.75, 3.05) is 13.2 Å². The average molecular weight is 270 g/mol. The van der Waals surface area contributed by atoms with Crippen LogP contribution >= 0.6 is 0 Å². The van der Waals surface area contributed by atoms with Gasteiger partial charge in [0.1, 0.15) is 6.04 Å². The number of hydrogen-bond donors (Lipinski definition) is 4. The summed E-state index contributed by atoms with van der Waals surface area (Å²) in [5.74, 6) is -1.17. The van der Waals surface area contributed by atoms with Gasteiger partial charge in [-0.1, -0.05) is 0 Å². The average Bonchev–Trinajstić information content (AvgIpc) is 2.87. The Bertz CT molecular complexity index is 393. The fourth-order valence-electron chi connectivity index (χ4n) is 1.47. The molecule has 8 heteroatoms. The molecule has 1 aromatic rings. The number of rotatable bonds is 8. The molecule has 19 heavy (non-hydrogen) atoms. The van der Waals surface area contributed by atoms with Crippen LogP contribution in [-0.2, 0) is 11.3 Å². The van der Waals surface area contributed by atoms with Crippen LogP contribution in [0.1, 0.15) is 12.8 Å². The van der Waals surface area contributed by atoms with E-state index in [1.54, 1.807) is 10.9 Å². The molecular weight excluding hydrogens is 252 g/mol. The van der Waals surface area contributed by atoms with Crippen LogP contribution in [0.15, 0.2) is 18.5 Å². The third kappa shape index (κ3) is 5.87. The van der Waals surface area contributed by atoms with Gasteiger partial charge in [-0.3, -0.25) is 4.68 Å². The van der Waals surface area contributed by atoms with Crippen LogP contribution < -0.4 is 10.6 Å². The number of aliphatic carboxylic acids is 1. The first kappa shape index (κ1) is 15.0. The second-order valence-electron chi connectivity index (χ2n) is 3.93. The van der Waals surface area contributed by atoms with Gasteiger partial charge in [-0.25, -0.2) is 9.59 Å². The predicted octanol–water partition coefficient (Wildman–Crippen LogP) is -0.592. The first-order valence-corrected chi connectivity index (χ1v) is 5.99. The lowest BCUT2D eigenvalue weighted by atomic mass is 10.2. The van der Waals surface area contributed by atoms with Crippen LogP contribution in [0.2, 0.25) is 0 Å². The number of aryl methyl sites for hydroxylation is 1. The molecule has 0 aliphatic rings. The molecule has 0 saturated heterocycles. The van der Waals surface area contributed by atoms with Gasteiger partial charge in [0.05, 0.1) is 0 Å². The summed E-state index contributed by atoms with van der Waals surface area (Å²) in [6, 6.07) is 0.185. The molecule has 0 aliphatic heterocycles. The van der Waals surface area contributed by atoms with E-state index in [0.717, 1.165) is 0 Å². The topological polar surface area (TPSA) is 116 Å². The van der Waals surface area contributed by atoms with Crippen molar-refractivity contribution in [2.24, 2.45) is 0 Å². The summed E-state index contributed by atoms with van der Waals surface area (Å²) in [7, 11) is 0. The van der Waals surface area contributed by atoms with Crippen molar-refractivity contribution in [3.05, 3.63) is 18.5 Å². The summed E-state index contributed by atoms with van der Waals surface area (Å²) >= 11 is 0. The lowest BCUT2D eigenvalue weighted by Crippen LogP contribution is -2.46. The first-order chi connectivity index (χ1) is 9.13. The van der Waals surface area contributed by atoms with E-state index in [1.807, 2.05) is 12.3 Å². The van der Waals surface area contributed by atoms with Gasteiger partial charge in [-0.2, -0.15) is 5.10 Å². The number of aromatic nitrogens is 2. The summed E-state index contributed by atoms with van der Waals surface area (Å²) in [5.41, 5.74) is 0. The number of aliphatic hydroxyl groups is 1. The van der Waals surface area contributed by atoms with Gasteiger partial charge in [0.15, 0.2) is 0 Å². The molecule has 0 spiro atoms. The molecule has 1 rings (SSSR count). The van der Waals surface area contributed by atoms with Gasteiger partial charge >= 0.3 is 12.0 Å². The number of urea groups is 1. The lowest BCUT2D eigenvalue weighted by molar-refractivity contribution is -0.139. The van der Waals surface area contributed by atoms with E-state index in [9.17, 15) is 9.59 Å². The Morgan fingerprint density at radius 2 is 2.21 bits per heavy atom. The highest BCUT2D eigenvalue weighted by atomic mass is 16.4. The molecule has 0 unspecified atom stereocenters. The van der Waals surface area contributed by atoms with Crippen molar-refractivity contribution in [1.82, 2.24) is 20.4 Å². The van der Waals surface area contributed by atoms with Crippen LogP contribution in [0, 0.1) is 0 Å². The molecule has 0 aliphatic carbocycles. The Hall–Kier alpha value is -2.09. The zero-order valence-corrected chi connectivity index (χ0v) is 10.5. The normalized spacial score (nSPS) is 11.8. The van der Waals surface area contributed by atoms with Gasteiger partial charge in [0, 0.05) is 38.5 Å². The molecule has 2 amide bonds. The number of amides is 2. The molecule has 0 aromatic carbocycles. The molecule has 0 fully saturated rings. The van der Waals surface area contributed by atoms with Crippen LogP contribution in [0.4, 0.5) is 4.79 Å². The van der Waals surface area contributed by atoms with Crippen LogP contribution in [0.5, 0.6) is 0 Å². The fourth-order valence-corrected chi connectivity index (χ4v) is 1.47. The van der Waals surface area contributed by atoms with Crippen molar-refractivity contribution in [1.29, 1.82) is 0 Å². The van der Waals surface area contributed by atoms with E-state index in [1.165, 1.54) is 0 Å². The molecule has 1 aromatic heterocycles. The van der Waals surface area contributed by atoms with Crippen molar-refractivity contribution >= 4 is 12.0 Å². The van der Waals surface area contributed by atoms with Gasteiger partial charge in [0.25, 0.3) is 0 Å².